The fraction of sp³-hybridized carbons (Fsp3) is 0.200. The second kappa shape index (κ2) is 10.6. The lowest BCUT2D eigenvalue weighted by molar-refractivity contribution is -0.146. The van der Waals surface area contributed by atoms with Crippen LogP contribution in [-0.2, 0) is 15.3 Å². The molecule has 0 fully saturated rings. The van der Waals surface area contributed by atoms with Gasteiger partial charge in [0.1, 0.15) is 5.92 Å². The molecule has 0 amide bonds. The summed E-state index contributed by atoms with van der Waals surface area (Å²) in [5.74, 6) is -0.902. The van der Waals surface area contributed by atoms with Gasteiger partial charge in [-0.1, -0.05) is 91.0 Å². The fourth-order valence-corrected chi connectivity index (χ4v) is 4.51. The van der Waals surface area contributed by atoms with E-state index in [9.17, 15) is 9.59 Å². The van der Waals surface area contributed by atoms with Crippen molar-refractivity contribution in [3.63, 3.8) is 0 Å². The Bertz CT molecular complexity index is 911. The zero-order chi connectivity index (χ0) is 20.5. The van der Waals surface area contributed by atoms with E-state index in [1.54, 1.807) is 30.8 Å². The third-order valence-corrected chi connectivity index (χ3v) is 5.99. The number of esters is 1. The van der Waals surface area contributed by atoms with Crippen molar-refractivity contribution in [3.05, 3.63) is 108 Å². The van der Waals surface area contributed by atoms with Gasteiger partial charge >= 0.3 is 5.97 Å². The predicted octanol–water partition coefficient (Wildman–Crippen LogP) is 5.72. The molecule has 0 spiro atoms. The van der Waals surface area contributed by atoms with Gasteiger partial charge in [-0.25, -0.2) is 0 Å². The zero-order valence-electron chi connectivity index (χ0n) is 16.4. The number of rotatable bonds is 9. The van der Waals surface area contributed by atoms with Crippen LogP contribution >= 0.6 is 11.8 Å². The Morgan fingerprint density at radius 1 is 0.828 bits per heavy atom. The Balaban J connectivity index is 1.97. The van der Waals surface area contributed by atoms with Gasteiger partial charge in [-0.2, -0.15) is 0 Å². The molecule has 3 aromatic rings. The first-order valence-corrected chi connectivity index (χ1v) is 10.7. The Morgan fingerprint density at radius 2 is 1.38 bits per heavy atom. The van der Waals surface area contributed by atoms with Gasteiger partial charge < -0.3 is 4.74 Å². The molecule has 0 N–H and O–H groups in total. The summed E-state index contributed by atoms with van der Waals surface area (Å²) in [6.45, 7) is 2.00. The van der Waals surface area contributed by atoms with Crippen molar-refractivity contribution in [1.29, 1.82) is 0 Å². The summed E-state index contributed by atoms with van der Waals surface area (Å²) < 4.78 is 5.33. The molecule has 4 heteroatoms. The number of benzene rings is 3. The van der Waals surface area contributed by atoms with Crippen LogP contribution < -0.4 is 0 Å². The molecule has 148 valence electrons. The number of ketones is 1. The van der Waals surface area contributed by atoms with E-state index in [1.807, 2.05) is 78.9 Å². The van der Waals surface area contributed by atoms with E-state index in [1.165, 1.54) is 0 Å². The monoisotopic (exact) mass is 404 g/mol. The quantitative estimate of drug-likeness (QED) is 0.260. The second-order valence-corrected chi connectivity index (χ2v) is 7.72. The Morgan fingerprint density at radius 3 is 1.97 bits per heavy atom. The van der Waals surface area contributed by atoms with Gasteiger partial charge in [0.2, 0.25) is 0 Å². The summed E-state index contributed by atoms with van der Waals surface area (Å²) >= 11 is 1.59. The van der Waals surface area contributed by atoms with Gasteiger partial charge in [0.25, 0.3) is 0 Å². The molecule has 0 aliphatic rings. The molecule has 0 saturated heterocycles. The Hall–Kier alpha value is -2.85. The van der Waals surface area contributed by atoms with E-state index >= 15 is 0 Å². The minimum atomic E-state index is -0.909. The van der Waals surface area contributed by atoms with Crippen molar-refractivity contribution < 1.29 is 14.3 Å². The average Bonchev–Trinajstić information content (AvgIpc) is 2.78. The van der Waals surface area contributed by atoms with E-state index in [-0.39, 0.29) is 17.6 Å². The van der Waals surface area contributed by atoms with E-state index in [0.717, 1.165) is 11.1 Å². The molecule has 0 saturated carbocycles. The number of carbonyl (C=O) groups excluding carboxylic acids is 2. The molecule has 29 heavy (non-hydrogen) atoms. The van der Waals surface area contributed by atoms with Crippen LogP contribution in [0.4, 0.5) is 0 Å². The maximum atomic E-state index is 13.4. The topological polar surface area (TPSA) is 43.4 Å². The van der Waals surface area contributed by atoms with Gasteiger partial charge in [0.15, 0.2) is 5.78 Å². The maximum Gasteiger partial charge on any atom is 0.318 e. The van der Waals surface area contributed by atoms with Gasteiger partial charge in [-0.3, -0.25) is 9.59 Å². The number of ether oxygens (including phenoxy) is 1. The third-order valence-electron chi connectivity index (χ3n) is 4.58. The molecule has 0 aliphatic carbocycles. The van der Waals surface area contributed by atoms with E-state index in [2.05, 4.69) is 0 Å². The van der Waals surface area contributed by atoms with Crippen molar-refractivity contribution in [2.75, 3.05) is 6.61 Å². The number of hydrogen-bond donors (Lipinski definition) is 0. The Labute approximate surface area is 176 Å². The van der Waals surface area contributed by atoms with E-state index in [4.69, 9.17) is 4.74 Å². The molecule has 3 nitrogen and oxygen atoms in total. The van der Waals surface area contributed by atoms with Crippen LogP contribution in [0.1, 0.15) is 33.7 Å². The van der Waals surface area contributed by atoms with Crippen molar-refractivity contribution >= 4 is 23.5 Å². The summed E-state index contributed by atoms with van der Waals surface area (Å²) in [6, 6.07) is 28.8. The highest BCUT2D eigenvalue weighted by molar-refractivity contribution is 7.98. The summed E-state index contributed by atoms with van der Waals surface area (Å²) in [5, 5.41) is -0.344. The molecule has 0 bridgehead atoms. The first kappa shape index (κ1) is 20.9. The molecule has 0 heterocycles. The van der Waals surface area contributed by atoms with E-state index in [0.29, 0.717) is 11.3 Å². The summed E-state index contributed by atoms with van der Waals surface area (Å²) in [5.41, 5.74) is 2.61. The highest BCUT2D eigenvalue weighted by atomic mass is 32.2. The SMILES string of the molecule is CCOC(=O)C(C(=O)c1ccccc1)C(SCc1ccccc1)c1ccccc1. The third kappa shape index (κ3) is 5.58. The van der Waals surface area contributed by atoms with Crippen LogP contribution in [-0.4, -0.2) is 18.4 Å². The lowest BCUT2D eigenvalue weighted by Gasteiger charge is -2.25. The van der Waals surface area contributed by atoms with Gasteiger partial charge in [0, 0.05) is 11.3 Å². The lowest BCUT2D eigenvalue weighted by atomic mass is 9.90. The maximum absolute atomic E-state index is 13.4. The van der Waals surface area contributed by atoms with Gasteiger partial charge in [0.05, 0.1) is 11.9 Å². The molecule has 0 aromatic heterocycles. The van der Waals surface area contributed by atoms with Crippen LogP contribution in [0.2, 0.25) is 0 Å². The molecule has 2 unspecified atom stereocenters. The lowest BCUT2D eigenvalue weighted by Crippen LogP contribution is -2.31. The largest absolute Gasteiger partial charge is 0.465 e. The highest BCUT2D eigenvalue weighted by Gasteiger charge is 2.37. The molecule has 0 radical (unpaired) electrons. The van der Waals surface area contributed by atoms with Crippen LogP contribution in [0.15, 0.2) is 91.0 Å². The van der Waals surface area contributed by atoms with Crippen molar-refractivity contribution in [2.45, 2.75) is 17.9 Å². The molecule has 3 rings (SSSR count). The zero-order valence-corrected chi connectivity index (χ0v) is 17.2. The molecule has 3 aromatic carbocycles. The molecular formula is C25H24O3S. The van der Waals surface area contributed by atoms with Gasteiger partial charge in [-0.05, 0) is 18.1 Å². The fourth-order valence-electron chi connectivity index (χ4n) is 3.17. The number of carbonyl (C=O) groups is 2. The van der Waals surface area contributed by atoms with Crippen LogP contribution in [0.25, 0.3) is 0 Å². The first-order valence-electron chi connectivity index (χ1n) is 9.67. The van der Waals surface area contributed by atoms with Gasteiger partial charge in [-0.15, -0.1) is 11.8 Å². The highest BCUT2D eigenvalue weighted by Crippen LogP contribution is 2.40. The van der Waals surface area contributed by atoms with Crippen LogP contribution in [0.5, 0.6) is 0 Å². The molecule has 2 atom stereocenters. The summed E-state index contributed by atoms with van der Waals surface area (Å²) in [7, 11) is 0. The number of thioether (sulfide) groups is 1. The molecular weight excluding hydrogens is 380 g/mol. The summed E-state index contributed by atoms with van der Waals surface area (Å²) in [6.07, 6.45) is 0. The second-order valence-electron chi connectivity index (χ2n) is 6.59. The standard InChI is InChI=1S/C25H24O3S/c1-2-28-25(27)22(23(26)20-14-8-4-9-15-20)24(21-16-10-5-11-17-21)29-18-19-12-6-3-7-13-19/h3-17,22,24H,2,18H2,1H3. The average molecular weight is 405 g/mol. The van der Waals surface area contributed by atoms with Crippen molar-refractivity contribution in [1.82, 2.24) is 0 Å². The number of Topliss-reactive ketones (excluding diaryl/α,β-unsaturated/α-hetero) is 1. The first-order chi connectivity index (χ1) is 14.2. The van der Waals surface area contributed by atoms with E-state index < -0.39 is 11.9 Å². The predicted molar refractivity (Wildman–Crippen MR) is 118 cm³/mol. The number of hydrogen-bond acceptors (Lipinski definition) is 4. The smallest absolute Gasteiger partial charge is 0.318 e. The van der Waals surface area contributed by atoms with Crippen LogP contribution in [0, 0.1) is 5.92 Å². The Kier molecular flexibility index (Phi) is 7.65. The molecule has 0 aliphatic heterocycles. The normalized spacial score (nSPS) is 12.7. The minimum Gasteiger partial charge on any atom is -0.465 e. The summed E-state index contributed by atoms with van der Waals surface area (Å²) in [4.78, 5) is 26.3. The van der Waals surface area contributed by atoms with Crippen LogP contribution in [0.3, 0.4) is 0 Å². The minimum absolute atomic E-state index is 0.210. The van der Waals surface area contributed by atoms with Crippen molar-refractivity contribution in [3.8, 4) is 0 Å². The van der Waals surface area contributed by atoms with Crippen molar-refractivity contribution in [2.24, 2.45) is 5.92 Å².